The first-order chi connectivity index (χ1) is 11.2. The number of carbonyl (C=O) groups excluding carboxylic acids is 1. The first-order valence-electron chi connectivity index (χ1n) is 7.48. The van der Waals surface area contributed by atoms with Crippen LogP contribution in [0.3, 0.4) is 0 Å². The van der Waals surface area contributed by atoms with Crippen LogP contribution in [0.5, 0.6) is 5.75 Å². The average Bonchev–Trinajstić information content (AvgIpc) is 3.07. The van der Waals surface area contributed by atoms with E-state index in [9.17, 15) is 4.79 Å². The molecule has 0 saturated carbocycles. The van der Waals surface area contributed by atoms with Gasteiger partial charge >= 0.3 is 5.97 Å². The summed E-state index contributed by atoms with van der Waals surface area (Å²) in [5.41, 5.74) is 1.32. The smallest absolute Gasteiger partial charge is 0.338 e. The summed E-state index contributed by atoms with van der Waals surface area (Å²) in [4.78, 5) is 17.5. The lowest BCUT2D eigenvalue weighted by Gasteiger charge is -2.09. The van der Waals surface area contributed by atoms with E-state index in [1.165, 1.54) is 12.0 Å². The molecule has 0 saturated heterocycles. The second-order valence-corrected chi connectivity index (χ2v) is 6.03. The van der Waals surface area contributed by atoms with Gasteiger partial charge in [0.1, 0.15) is 10.8 Å². The molecular weight excluding hydrogens is 314 g/mol. The minimum Gasteiger partial charge on any atom is -0.493 e. The van der Waals surface area contributed by atoms with Gasteiger partial charge in [-0.1, -0.05) is 6.92 Å². The molecule has 5 nitrogen and oxygen atoms in total. The zero-order valence-electron chi connectivity index (χ0n) is 13.6. The molecule has 0 atom stereocenters. The predicted octanol–water partition coefficient (Wildman–Crippen LogP) is 3.57. The van der Waals surface area contributed by atoms with Crippen molar-refractivity contribution in [3.05, 3.63) is 34.8 Å². The number of thiazole rings is 1. The van der Waals surface area contributed by atoms with Crippen LogP contribution >= 0.6 is 11.3 Å². The van der Waals surface area contributed by atoms with E-state index in [0.717, 1.165) is 23.4 Å². The van der Waals surface area contributed by atoms with E-state index in [2.05, 4.69) is 11.9 Å². The lowest BCUT2D eigenvalue weighted by Crippen LogP contribution is -2.05. The monoisotopic (exact) mass is 335 g/mol. The second kappa shape index (κ2) is 8.64. The molecule has 0 radical (unpaired) electrons. The molecule has 1 aromatic carbocycles. The first-order valence-corrected chi connectivity index (χ1v) is 8.29. The topological polar surface area (TPSA) is 57.7 Å². The summed E-state index contributed by atoms with van der Waals surface area (Å²) in [6.07, 6.45) is 3.59. The van der Waals surface area contributed by atoms with Crippen molar-refractivity contribution in [1.29, 1.82) is 0 Å². The van der Waals surface area contributed by atoms with Crippen molar-refractivity contribution in [2.75, 3.05) is 27.4 Å². The van der Waals surface area contributed by atoms with Crippen molar-refractivity contribution in [2.45, 2.75) is 19.8 Å². The summed E-state index contributed by atoms with van der Waals surface area (Å²) in [6.45, 7) is 3.25. The van der Waals surface area contributed by atoms with E-state index in [4.69, 9.17) is 14.2 Å². The van der Waals surface area contributed by atoms with Crippen molar-refractivity contribution < 1.29 is 19.0 Å². The Balaban J connectivity index is 2.27. The van der Waals surface area contributed by atoms with Crippen molar-refractivity contribution in [1.82, 2.24) is 4.98 Å². The number of aryl methyl sites for hydroxylation is 1. The molecule has 124 valence electrons. The molecule has 0 fully saturated rings. The fourth-order valence-electron chi connectivity index (χ4n) is 2.04. The summed E-state index contributed by atoms with van der Waals surface area (Å²) in [6, 6.07) is 5.38. The maximum Gasteiger partial charge on any atom is 0.338 e. The highest BCUT2D eigenvalue weighted by Crippen LogP contribution is 2.30. The van der Waals surface area contributed by atoms with Crippen LogP contribution in [-0.2, 0) is 15.9 Å². The fourth-order valence-corrected chi connectivity index (χ4v) is 2.88. The highest BCUT2D eigenvalue weighted by molar-refractivity contribution is 7.15. The molecule has 0 amide bonds. The number of hydrogen-bond acceptors (Lipinski definition) is 6. The molecule has 0 unspecified atom stereocenters. The minimum absolute atomic E-state index is 0.388. The summed E-state index contributed by atoms with van der Waals surface area (Å²) in [5.74, 6) is 0.244. The molecule has 0 aliphatic carbocycles. The van der Waals surface area contributed by atoms with Crippen LogP contribution in [0.25, 0.3) is 10.6 Å². The number of methoxy groups -OCH3 is 2. The summed E-state index contributed by atoms with van der Waals surface area (Å²) in [7, 11) is 3.02. The normalized spacial score (nSPS) is 10.6. The zero-order valence-corrected chi connectivity index (χ0v) is 14.4. The molecule has 2 rings (SSSR count). The predicted molar refractivity (Wildman–Crippen MR) is 90.3 cm³/mol. The van der Waals surface area contributed by atoms with Crippen LogP contribution in [-0.4, -0.2) is 38.4 Å². The van der Waals surface area contributed by atoms with Gasteiger partial charge < -0.3 is 14.2 Å². The van der Waals surface area contributed by atoms with Gasteiger partial charge in [-0.3, -0.25) is 0 Å². The number of nitrogens with zero attached hydrogens (tertiary/aromatic N) is 1. The second-order valence-electron chi connectivity index (χ2n) is 4.92. The quantitative estimate of drug-likeness (QED) is 0.545. The van der Waals surface area contributed by atoms with Crippen molar-refractivity contribution in [2.24, 2.45) is 0 Å². The Bertz CT molecular complexity index is 654. The third-order valence-electron chi connectivity index (χ3n) is 3.24. The molecule has 2 aromatic rings. The summed E-state index contributed by atoms with van der Waals surface area (Å²) in [5, 5.41) is 0.870. The third-order valence-corrected chi connectivity index (χ3v) is 4.43. The van der Waals surface area contributed by atoms with Crippen LogP contribution < -0.4 is 4.74 Å². The zero-order chi connectivity index (χ0) is 16.7. The number of hydrogen-bond donors (Lipinski definition) is 0. The Kier molecular flexibility index (Phi) is 6.55. The molecule has 0 N–H and O–H groups in total. The number of carbonyl (C=O) groups is 1. The van der Waals surface area contributed by atoms with Crippen LogP contribution in [0.4, 0.5) is 0 Å². The van der Waals surface area contributed by atoms with Gasteiger partial charge in [0.25, 0.3) is 0 Å². The number of benzene rings is 1. The molecule has 0 bridgehead atoms. The van der Waals surface area contributed by atoms with Crippen LogP contribution in [0.2, 0.25) is 0 Å². The van der Waals surface area contributed by atoms with Gasteiger partial charge in [0, 0.05) is 36.8 Å². The minimum atomic E-state index is -0.388. The number of esters is 1. The molecule has 0 spiro atoms. The fraction of sp³-hybridized carbons (Fsp3) is 0.412. The highest BCUT2D eigenvalue weighted by atomic mass is 32.1. The lowest BCUT2D eigenvalue weighted by atomic mass is 10.1. The summed E-state index contributed by atoms with van der Waals surface area (Å²) >= 11 is 1.62. The molecule has 1 aromatic heterocycles. The van der Waals surface area contributed by atoms with Gasteiger partial charge in [0.05, 0.1) is 19.3 Å². The van der Waals surface area contributed by atoms with E-state index < -0.39 is 0 Å². The maximum atomic E-state index is 11.9. The Labute approximate surface area is 140 Å². The SMILES string of the molecule is CCc1cnc(-c2cc(OCCCOC)cc(C(=O)OC)c2)s1. The average molecular weight is 335 g/mol. The van der Waals surface area contributed by atoms with Crippen LogP contribution in [0, 0.1) is 0 Å². The Morgan fingerprint density at radius 1 is 1.22 bits per heavy atom. The van der Waals surface area contributed by atoms with E-state index in [1.54, 1.807) is 30.6 Å². The van der Waals surface area contributed by atoms with E-state index in [1.807, 2.05) is 12.3 Å². The van der Waals surface area contributed by atoms with Crippen molar-refractivity contribution >= 4 is 17.3 Å². The standard InChI is InChI=1S/C17H21NO4S/c1-4-15-11-18-16(23-15)12-8-13(17(19)21-3)10-14(9-12)22-7-5-6-20-2/h8-11H,4-7H2,1-3H3. The lowest BCUT2D eigenvalue weighted by molar-refractivity contribution is 0.0600. The van der Waals surface area contributed by atoms with Crippen LogP contribution in [0.15, 0.2) is 24.4 Å². The van der Waals surface area contributed by atoms with Gasteiger partial charge in [0.15, 0.2) is 0 Å². The van der Waals surface area contributed by atoms with E-state index >= 15 is 0 Å². The first kappa shape index (κ1) is 17.4. The van der Waals surface area contributed by atoms with Gasteiger partial charge in [-0.25, -0.2) is 9.78 Å². The van der Waals surface area contributed by atoms with Crippen molar-refractivity contribution in [3.63, 3.8) is 0 Å². The Morgan fingerprint density at radius 3 is 2.70 bits per heavy atom. The third kappa shape index (κ3) is 4.77. The van der Waals surface area contributed by atoms with Gasteiger partial charge in [-0.05, 0) is 24.6 Å². The van der Waals surface area contributed by atoms with Gasteiger partial charge in [-0.15, -0.1) is 11.3 Å². The van der Waals surface area contributed by atoms with E-state index in [-0.39, 0.29) is 5.97 Å². The molecule has 0 aliphatic heterocycles. The van der Waals surface area contributed by atoms with Gasteiger partial charge in [0.2, 0.25) is 0 Å². The largest absolute Gasteiger partial charge is 0.493 e. The number of ether oxygens (including phenoxy) is 3. The Hall–Kier alpha value is -1.92. The molecule has 1 heterocycles. The van der Waals surface area contributed by atoms with Crippen LogP contribution in [0.1, 0.15) is 28.6 Å². The maximum absolute atomic E-state index is 11.9. The Morgan fingerprint density at radius 2 is 2.04 bits per heavy atom. The number of aromatic nitrogens is 1. The molecule has 23 heavy (non-hydrogen) atoms. The van der Waals surface area contributed by atoms with E-state index in [0.29, 0.717) is 24.5 Å². The molecule has 0 aliphatic rings. The summed E-state index contributed by atoms with van der Waals surface area (Å²) < 4.78 is 15.6. The molecular formula is C17H21NO4S. The molecule has 6 heteroatoms. The van der Waals surface area contributed by atoms with Crippen molar-refractivity contribution in [3.8, 4) is 16.3 Å². The highest BCUT2D eigenvalue weighted by Gasteiger charge is 2.13. The number of rotatable bonds is 8. The van der Waals surface area contributed by atoms with Gasteiger partial charge in [-0.2, -0.15) is 0 Å².